The number of Topliss-reactive ketones (excluding diaryl/α,β-unsaturated/α-hetero) is 3. The molecule has 194 valence electrons. The number of ether oxygens (including phenoxy) is 1. The predicted octanol–water partition coefficient (Wildman–Crippen LogP) is 5.91. The van der Waals surface area contributed by atoms with Gasteiger partial charge in [-0.3, -0.25) is 14.4 Å². The topological polar surface area (TPSA) is 80.7 Å². The zero-order valence-electron chi connectivity index (χ0n) is 23.3. The molecule has 1 fully saturated rings. The highest BCUT2D eigenvalue weighted by molar-refractivity contribution is 6.27. The summed E-state index contributed by atoms with van der Waals surface area (Å²) in [5.74, 6) is -0.967. The van der Waals surface area contributed by atoms with E-state index in [9.17, 15) is 19.5 Å². The molecule has 5 heteroatoms. The molecule has 0 saturated heterocycles. The van der Waals surface area contributed by atoms with Crippen LogP contribution in [0.25, 0.3) is 0 Å². The minimum Gasteiger partial charge on any atom is -0.489 e. The summed E-state index contributed by atoms with van der Waals surface area (Å²) in [4.78, 5) is 43.3. The number of allylic oxidation sites excluding steroid dienone is 5. The first-order valence-electron chi connectivity index (χ1n) is 13.0. The van der Waals surface area contributed by atoms with Crippen molar-refractivity contribution in [3.8, 4) is 0 Å². The first-order valence-corrected chi connectivity index (χ1v) is 13.0. The second kappa shape index (κ2) is 8.83. The van der Waals surface area contributed by atoms with Gasteiger partial charge < -0.3 is 9.84 Å². The molecule has 2 bridgehead atoms. The third kappa shape index (κ3) is 3.98. The molecule has 1 aliphatic heterocycles. The van der Waals surface area contributed by atoms with Gasteiger partial charge in [0.15, 0.2) is 17.3 Å². The van der Waals surface area contributed by atoms with Crippen molar-refractivity contribution in [3.63, 3.8) is 0 Å². The minimum atomic E-state index is -1.50. The van der Waals surface area contributed by atoms with E-state index in [0.717, 1.165) is 11.1 Å². The molecule has 1 N–H and O–H groups in total. The molecule has 0 spiro atoms. The molecule has 5 nitrogen and oxygen atoms in total. The van der Waals surface area contributed by atoms with Gasteiger partial charge in [0, 0.05) is 17.9 Å². The third-order valence-electron chi connectivity index (χ3n) is 8.78. The van der Waals surface area contributed by atoms with Gasteiger partial charge in [0.25, 0.3) is 0 Å². The van der Waals surface area contributed by atoms with Crippen molar-refractivity contribution in [1.82, 2.24) is 0 Å². The van der Waals surface area contributed by atoms with E-state index < -0.39 is 33.9 Å². The molecule has 0 aromatic rings. The molecule has 1 saturated carbocycles. The van der Waals surface area contributed by atoms with Crippen molar-refractivity contribution in [2.45, 2.75) is 107 Å². The van der Waals surface area contributed by atoms with Gasteiger partial charge in [-0.25, -0.2) is 0 Å². The van der Waals surface area contributed by atoms with Gasteiger partial charge >= 0.3 is 0 Å². The highest BCUT2D eigenvalue weighted by atomic mass is 16.5. The lowest BCUT2D eigenvalue weighted by molar-refractivity contribution is -0.176. The maximum Gasteiger partial charge on any atom is 0.176 e. The van der Waals surface area contributed by atoms with Crippen molar-refractivity contribution in [2.75, 3.05) is 0 Å². The molecule has 0 radical (unpaired) electrons. The minimum absolute atomic E-state index is 0.0776. The molecule has 2 aliphatic carbocycles. The Morgan fingerprint density at radius 3 is 2.17 bits per heavy atom. The third-order valence-corrected chi connectivity index (χ3v) is 8.78. The molecule has 0 amide bonds. The Hall–Kier alpha value is -2.01. The van der Waals surface area contributed by atoms with E-state index in [1.165, 1.54) is 0 Å². The summed E-state index contributed by atoms with van der Waals surface area (Å²) in [6.45, 7) is 19.0. The van der Waals surface area contributed by atoms with E-state index in [1.807, 2.05) is 61.5 Å². The van der Waals surface area contributed by atoms with Crippen LogP contribution in [0, 0.1) is 28.1 Å². The first-order chi connectivity index (χ1) is 15.9. The number of hydrogen-bond acceptors (Lipinski definition) is 5. The van der Waals surface area contributed by atoms with E-state index in [2.05, 4.69) is 6.08 Å². The van der Waals surface area contributed by atoms with Crippen molar-refractivity contribution < 1.29 is 24.2 Å². The van der Waals surface area contributed by atoms with Gasteiger partial charge in [0.1, 0.15) is 22.7 Å². The number of carbonyl (C=O) groups is 3. The zero-order valence-corrected chi connectivity index (χ0v) is 23.3. The summed E-state index contributed by atoms with van der Waals surface area (Å²) in [6.07, 6.45) is 4.92. The van der Waals surface area contributed by atoms with Crippen LogP contribution in [0.5, 0.6) is 0 Å². The normalized spacial score (nSPS) is 31.8. The first kappa shape index (κ1) is 27.6. The number of fused-ring (bicyclic) bond motifs is 3. The Kier molecular flexibility index (Phi) is 6.96. The van der Waals surface area contributed by atoms with Crippen LogP contribution in [0.3, 0.4) is 0 Å². The molecule has 3 rings (SSSR count). The van der Waals surface area contributed by atoms with E-state index in [4.69, 9.17) is 4.74 Å². The monoisotopic (exact) mass is 484 g/mol. The lowest BCUT2D eigenvalue weighted by atomic mass is 9.39. The molecule has 0 unspecified atom stereocenters. The number of hydrogen-bond donors (Lipinski definition) is 1. The van der Waals surface area contributed by atoms with Crippen molar-refractivity contribution in [3.05, 3.63) is 34.6 Å². The average Bonchev–Trinajstić information content (AvgIpc) is 3.18. The quantitative estimate of drug-likeness (QED) is 0.359. The predicted molar refractivity (Wildman–Crippen MR) is 138 cm³/mol. The van der Waals surface area contributed by atoms with Crippen LogP contribution in [0.15, 0.2) is 34.6 Å². The van der Waals surface area contributed by atoms with Gasteiger partial charge in [-0.2, -0.15) is 0 Å². The van der Waals surface area contributed by atoms with E-state index in [1.54, 1.807) is 13.8 Å². The van der Waals surface area contributed by atoms with E-state index >= 15 is 0 Å². The Balaban J connectivity index is 2.39. The van der Waals surface area contributed by atoms with Gasteiger partial charge in [0.05, 0.1) is 5.60 Å². The van der Waals surface area contributed by atoms with Crippen molar-refractivity contribution >= 4 is 17.3 Å². The SMILES string of the molecule is CC(C)=CC[C@@H]1C[C@@]2(C(=O)C(C)C)C(=O)[C@](CC=C(C)C)(C(=O)C3=C2O[C@@H](C(C)(C)O)C3)C1(C)C. The van der Waals surface area contributed by atoms with Crippen LogP contribution >= 0.6 is 0 Å². The van der Waals surface area contributed by atoms with Gasteiger partial charge in [-0.15, -0.1) is 0 Å². The fraction of sp³-hybridized carbons (Fsp3) is 0.700. The van der Waals surface area contributed by atoms with Gasteiger partial charge in [-0.1, -0.05) is 51.0 Å². The number of aliphatic hydroxyl groups is 1. The maximum atomic E-state index is 14.8. The maximum absolute atomic E-state index is 14.8. The lowest BCUT2D eigenvalue weighted by Crippen LogP contribution is -2.68. The summed E-state index contributed by atoms with van der Waals surface area (Å²) in [7, 11) is 0. The molecular formula is C30H44O5. The highest BCUT2D eigenvalue weighted by Gasteiger charge is 2.75. The van der Waals surface area contributed by atoms with Gasteiger partial charge in [-0.05, 0) is 72.1 Å². The van der Waals surface area contributed by atoms with Crippen molar-refractivity contribution in [1.29, 1.82) is 0 Å². The molecule has 0 aromatic carbocycles. The Morgan fingerprint density at radius 1 is 1.11 bits per heavy atom. The molecule has 0 aromatic heterocycles. The van der Waals surface area contributed by atoms with E-state index in [-0.39, 0.29) is 41.9 Å². The second-order valence-electron chi connectivity index (χ2n) is 12.9. The Bertz CT molecular complexity index is 1020. The second-order valence-corrected chi connectivity index (χ2v) is 12.9. The molecule has 3 aliphatic rings. The van der Waals surface area contributed by atoms with E-state index in [0.29, 0.717) is 18.4 Å². The largest absolute Gasteiger partial charge is 0.489 e. The zero-order chi connectivity index (χ0) is 26.7. The number of rotatable bonds is 7. The average molecular weight is 485 g/mol. The van der Waals surface area contributed by atoms with Crippen LogP contribution in [0.1, 0.15) is 94.9 Å². The molecule has 4 atom stereocenters. The Morgan fingerprint density at radius 2 is 1.69 bits per heavy atom. The number of carbonyl (C=O) groups excluding carboxylic acids is 3. The fourth-order valence-corrected chi connectivity index (χ4v) is 6.43. The standard InChI is InChI=1S/C30H44O5/c1-17(2)11-12-20-16-29(23(31)19(5)6)25-21(15-22(35-25)28(9,10)34)24(32)30(26(29)33,27(20,7)8)14-13-18(3)4/h11,13,19-20,22,34H,12,14-16H2,1-10H3/t20-,22-,29+,30+/m1/s1. The summed E-state index contributed by atoms with van der Waals surface area (Å²) in [5.41, 5.74) is -2.13. The van der Waals surface area contributed by atoms with Crippen molar-refractivity contribution in [2.24, 2.45) is 28.1 Å². The summed E-state index contributed by atoms with van der Waals surface area (Å²) < 4.78 is 6.28. The molecular weight excluding hydrogens is 440 g/mol. The number of ketones is 3. The molecule has 35 heavy (non-hydrogen) atoms. The lowest BCUT2D eigenvalue weighted by Gasteiger charge is -2.60. The van der Waals surface area contributed by atoms with Crippen LogP contribution in [0.2, 0.25) is 0 Å². The van der Waals surface area contributed by atoms with Crippen LogP contribution in [-0.4, -0.2) is 34.2 Å². The molecule has 1 heterocycles. The smallest absolute Gasteiger partial charge is 0.176 e. The van der Waals surface area contributed by atoms with Gasteiger partial charge in [0.2, 0.25) is 0 Å². The summed E-state index contributed by atoms with van der Waals surface area (Å²) in [6, 6.07) is 0. The van der Waals surface area contributed by atoms with Crippen LogP contribution in [-0.2, 0) is 19.1 Å². The fourth-order valence-electron chi connectivity index (χ4n) is 6.43. The highest BCUT2D eigenvalue weighted by Crippen LogP contribution is 2.67. The Labute approximate surface area is 211 Å². The summed E-state index contributed by atoms with van der Waals surface area (Å²) >= 11 is 0. The van der Waals surface area contributed by atoms with Crippen LogP contribution < -0.4 is 0 Å². The van der Waals surface area contributed by atoms with Crippen LogP contribution in [0.4, 0.5) is 0 Å². The summed E-state index contributed by atoms with van der Waals surface area (Å²) in [5, 5.41) is 10.8.